The molecule has 0 saturated heterocycles. The highest BCUT2D eigenvalue weighted by Gasteiger charge is 2.57. The van der Waals surface area contributed by atoms with E-state index in [-0.39, 0.29) is 36.5 Å². The Morgan fingerprint density at radius 3 is 2.67 bits per heavy atom. The number of fused-ring (bicyclic) bond motifs is 2. The van der Waals surface area contributed by atoms with Crippen LogP contribution in [0, 0.1) is 5.92 Å². The third-order valence-corrected chi connectivity index (χ3v) is 4.67. The number of ketones is 1. The maximum atomic E-state index is 12.2. The first kappa shape index (κ1) is 16.5. The number of ether oxygens (including phenoxy) is 1. The largest absolute Gasteiger partial charge is 0.504 e. The molecule has 2 fully saturated rings. The summed E-state index contributed by atoms with van der Waals surface area (Å²) in [6, 6.07) is 4.05. The molecule has 3 rings (SSSR count). The summed E-state index contributed by atoms with van der Waals surface area (Å²) in [4.78, 5) is 24.2. The molecule has 4 N–H and O–H groups in total. The van der Waals surface area contributed by atoms with Gasteiger partial charge in [-0.2, -0.15) is 0 Å². The van der Waals surface area contributed by atoms with Crippen LogP contribution in [0.5, 0.6) is 11.5 Å². The average molecular weight is 334 g/mol. The number of phenolic OH excluding ortho intramolecular Hbond substituents is 2. The first-order chi connectivity index (χ1) is 11.3. The minimum atomic E-state index is -1.37. The van der Waals surface area contributed by atoms with E-state index < -0.39 is 29.7 Å². The number of rotatable bonds is 3. The maximum Gasteiger partial charge on any atom is 0.331 e. The Labute approximate surface area is 137 Å². The Morgan fingerprint density at radius 2 is 1.96 bits per heavy atom. The smallest absolute Gasteiger partial charge is 0.331 e. The number of carbonyl (C=O) groups is 2. The highest BCUT2D eigenvalue weighted by molar-refractivity contribution is 5.95. The van der Waals surface area contributed by atoms with Gasteiger partial charge in [-0.15, -0.1) is 0 Å². The molecule has 4 unspecified atom stereocenters. The number of Topliss-reactive ketones (excluding diaryl/α,β-unsaturated/α-hetero) is 1. The summed E-state index contributed by atoms with van der Waals surface area (Å²) in [6.07, 6.45) is 0.606. The minimum Gasteiger partial charge on any atom is -0.504 e. The van der Waals surface area contributed by atoms with Crippen molar-refractivity contribution in [3.05, 3.63) is 29.8 Å². The summed E-state index contributed by atoms with van der Waals surface area (Å²) in [5.41, 5.74) is -0.906. The molecule has 0 radical (unpaired) electrons. The predicted molar refractivity (Wildman–Crippen MR) is 82.0 cm³/mol. The van der Waals surface area contributed by atoms with Gasteiger partial charge in [0.05, 0.1) is 12.2 Å². The number of aromatic hydroxyl groups is 2. The van der Waals surface area contributed by atoms with Gasteiger partial charge in [0.1, 0.15) is 0 Å². The summed E-state index contributed by atoms with van der Waals surface area (Å²) in [5, 5.41) is 38.3. The highest BCUT2D eigenvalue weighted by atomic mass is 16.6. The van der Waals surface area contributed by atoms with E-state index in [2.05, 4.69) is 0 Å². The van der Waals surface area contributed by atoms with Crippen LogP contribution in [0.15, 0.2) is 24.3 Å². The van der Waals surface area contributed by atoms with E-state index in [4.69, 9.17) is 4.74 Å². The molecular weight excluding hydrogens is 316 g/mol. The zero-order valence-corrected chi connectivity index (χ0v) is 12.8. The summed E-state index contributed by atoms with van der Waals surface area (Å²) >= 11 is 0. The van der Waals surface area contributed by atoms with Crippen LogP contribution in [0.2, 0.25) is 0 Å². The summed E-state index contributed by atoms with van der Waals surface area (Å²) < 4.78 is 5.32. The van der Waals surface area contributed by atoms with Gasteiger partial charge in [-0.25, -0.2) is 4.79 Å². The molecule has 0 aliphatic heterocycles. The second-order valence-electron chi connectivity index (χ2n) is 6.35. The Hall–Kier alpha value is -2.38. The lowest BCUT2D eigenvalue weighted by Crippen LogP contribution is -2.49. The molecule has 2 aliphatic rings. The van der Waals surface area contributed by atoms with Crippen LogP contribution in [0.4, 0.5) is 0 Å². The molecular formula is C17H18O7. The molecule has 2 aliphatic carbocycles. The number of phenols is 2. The van der Waals surface area contributed by atoms with Crippen molar-refractivity contribution in [2.24, 2.45) is 5.92 Å². The fourth-order valence-electron chi connectivity index (χ4n) is 3.42. The summed E-state index contributed by atoms with van der Waals surface area (Å²) in [6.45, 7) is 0. The van der Waals surface area contributed by atoms with Crippen LogP contribution >= 0.6 is 0 Å². The summed E-state index contributed by atoms with van der Waals surface area (Å²) in [7, 11) is 0. The van der Waals surface area contributed by atoms with Gasteiger partial charge in [-0.3, -0.25) is 4.79 Å². The van der Waals surface area contributed by atoms with Crippen LogP contribution in [0.25, 0.3) is 6.08 Å². The second kappa shape index (κ2) is 5.92. The number of hydrogen-bond donors (Lipinski definition) is 4. The van der Waals surface area contributed by atoms with Gasteiger partial charge < -0.3 is 25.2 Å². The molecule has 7 nitrogen and oxygen atoms in total. The fourth-order valence-corrected chi connectivity index (χ4v) is 3.42. The van der Waals surface area contributed by atoms with E-state index in [0.717, 1.165) is 6.08 Å². The summed E-state index contributed by atoms with van der Waals surface area (Å²) in [5.74, 6) is -2.02. The van der Waals surface area contributed by atoms with E-state index in [1.54, 1.807) is 0 Å². The quantitative estimate of drug-likeness (QED) is 0.360. The maximum absolute atomic E-state index is 12.2. The monoisotopic (exact) mass is 334 g/mol. The van der Waals surface area contributed by atoms with E-state index in [9.17, 15) is 30.0 Å². The average Bonchev–Trinajstić information content (AvgIpc) is 2.80. The van der Waals surface area contributed by atoms with E-state index in [0.29, 0.717) is 5.56 Å². The molecule has 2 bridgehead atoms. The Balaban J connectivity index is 1.71. The molecule has 0 amide bonds. The van der Waals surface area contributed by atoms with Crippen molar-refractivity contribution >= 4 is 17.8 Å². The van der Waals surface area contributed by atoms with Gasteiger partial charge in [0.2, 0.25) is 0 Å². The Kier molecular flexibility index (Phi) is 4.06. The molecule has 2 saturated carbocycles. The van der Waals surface area contributed by atoms with Gasteiger partial charge in [0.15, 0.2) is 22.9 Å². The molecule has 1 aromatic rings. The van der Waals surface area contributed by atoms with Gasteiger partial charge in [0.25, 0.3) is 0 Å². The van der Waals surface area contributed by atoms with Crippen molar-refractivity contribution in [3.63, 3.8) is 0 Å². The predicted octanol–water partition coefficient (Wildman–Crippen LogP) is 0.498. The van der Waals surface area contributed by atoms with Crippen LogP contribution < -0.4 is 0 Å². The molecule has 0 heterocycles. The van der Waals surface area contributed by atoms with Crippen molar-refractivity contribution in [2.45, 2.75) is 37.1 Å². The number of benzene rings is 1. The van der Waals surface area contributed by atoms with E-state index in [1.165, 1.54) is 24.3 Å². The Bertz CT molecular complexity index is 711. The van der Waals surface area contributed by atoms with Gasteiger partial charge in [-0.1, -0.05) is 6.07 Å². The molecule has 0 aromatic heterocycles. The van der Waals surface area contributed by atoms with Crippen LogP contribution in [-0.2, 0) is 14.3 Å². The molecule has 0 spiro atoms. The number of carbonyl (C=O) groups excluding carboxylic acids is 2. The Morgan fingerprint density at radius 1 is 1.21 bits per heavy atom. The first-order valence-corrected chi connectivity index (χ1v) is 7.63. The normalized spacial score (nSPS) is 32.2. The van der Waals surface area contributed by atoms with Crippen molar-refractivity contribution in [3.8, 4) is 11.5 Å². The molecule has 1 aromatic carbocycles. The van der Waals surface area contributed by atoms with Crippen molar-refractivity contribution in [2.75, 3.05) is 0 Å². The molecule has 4 atom stereocenters. The van der Waals surface area contributed by atoms with Crippen LogP contribution in [0.1, 0.15) is 24.8 Å². The van der Waals surface area contributed by atoms with Gasteiger partial charge >= 0.3 is 5.97 Å². The fraction of sp³-hybridized carbons (Fsp3) is 0.412. The highest BCUT2D eigenvalue weighted by Crippen LogP contribution is 2.45. The van der Waals surface area contributed by atoms with Gasteiger partial charge in [-0.05, 0) is 29.7 Å². The van der Waals surface area contributed by atoms with Crippen LogP contribution in [0.3, 0.4) is 0 Å². The first-order valence-electron chi connectivity index (χ1n) is 7.63. The zero-order valence-electron chi connectivity index (χ0n) is 12.8. The van der Waals surface area contributed by atoms with Crippen molar-refractivity contribution in [1.82, 2.24) is 0 Å². The van der Waals surface area contributed by atoms with E-state index in [1.807, 2.05) is 0 Å². The lowest BCUT2D eigenvalue weighted by Gasteiger charge is -2.36. The third kappa shape index (κ3) is 2.88. The lowest BCUT2D eigenvalue weighted by molar-refractivity contribution is -0.171. The van der Waals surface area contributed by atoms with E-state index >= 15 is 0 Å². The van der Waals surface area contributed by atoms with Crippen LogP contribution in [-0.4, -0.2) is 50.0 Å². The number of aliphatic hydroxyl groups is 2. The number of aliphatic hydroxyl groups excluding tert-OH is 2. The topological polar surface area (TPSA) is 124 Å². The van der Waals surface area contributed by atoms with Crippen molar-refractivity contribution in [1.29, 1.82) is 0 Å². The standard InChI is InChI=1S/C17H18O7/c18-11-3-1-9(5-12(11)19)2-4-15(22)24-17-7-10(6-14(17)21)16(23)13(20)8-17/h1-5,10,13,16,18-20,23H,6-8H2/b4-2+. The van der Waals surface area contributed by atoms with Crippen molar-refractivity contribution < 1.29 is 34.8 Å². The molecule has 24 heavy (non-hydrogen) atoms. The second-order valence-corrected chi connectivity index (χ2v) is 6.35. The molecule has 7 heteroatoms. The zero-order chi connectivity index (χ0) is 17.5. The lowest BCUT2D eigenvalue weighted by atomic mass is 9.81. The molecule has 128 valence electrons. The van der Waals surface area contributed by atoms with Gasteiger partial charge in [0, 0.05) is 25.3 Å². The third-order valence-electron chi connectivity index (χ3n) is 4.67. The number of hydrogen-bond acceptors (Lipinski definition) is 7. The number of esters is 1. The minimum absolute atomic E-state index is 0.0844. The SMILES string of the molecule is O=C(/C=C/c1ccc(O)c(O)c1)OC12CC(O)C(O)C(CC1=O)C2.